The van der Waals surface area contributed by atoms with Crippen molar-refractivity contribution in [2.24, 2.45) is 11.8 Å². The number of rotatable bonds is 5. The number of piperidine rings is 1. The van der Waals surface area contributed by atoms with Crippen molar-refractivity contribution in [3.05, 3.63) is 59.9 Å². The second-order valence-electron chi connectivity index (χ2n) is 9.48. The molecule has 1 aromatic heterocycles. The fraction of sp³-hybridized carbons (Fsp3) is 0.500. The predicted octanol–water partition coefficient (Wildman–Crippen LogP) is 2.68. The van der Waals surface area contributed by atoms with E-state index in [1.165, 1.54) is 5.56 Å². The molecular formula is C26H32N4O3. The van der Waals surface area contributed by atoms with Gasteiger partial charge in [0.2, 0.25) is 5.91 Å². The topological polar surface area (TPSA) is 66.0 Å². The largest absolute Gasteiger partial charge is 0.497 e. The number of amides is 2. The number of methoxy groups -OCH3 is 1. The Labute approximate surface area is 195 Å². The minimum absolute atomic E-state index is 0.0565. The second-order valence-corrected chi connectivity index (χ2v) is 9.48. The number of carbonyl (C=O) groups is 2. The van der Waals surface area contributed by atoms with E-state index in [1.807, 2.05) is 41.4 Å². The fourth-order valence-corrected chi connectivity index (χ4v) is 6.30. The van der Waals surface area contributed by atoms with Gasteiger partial charge in [-0.2, -0.15) is 0 Å². The molecule has 3 fully saturated rings. The summed E-state index contributed by atoms with van der Waals surface area (Å²) in [5.41, 5.74) is 1.73. The van der Waals surface area contributed by atoms with Crippen LogP contribution in [0.25, 0.3) is 0 Å². The molecule has 3 aliphatic rings. The van der Waals surface area contributed by atoms with Crippen LogP contribution >= 0.6 is 0 Å². The van der Waals surface area contributed by atoms with E-state index in [0.29, 0.717) is 30.5 Å². The summed E-state index contributed by atoms with van der Waals surface area (Å²) in [5, 5.41) is 0. The summed E-state index contributed by atoms with van der Waals surface area (Å²) in [4.78, 5) is 37.2. The molecule has 0 radical (unpaired) electrons. The lowest BCUT2D eigenvalue weighted by Gasteiger charge is -2.47. The summed E-state index contributed by atoms with van der Waals surface area (Å²) in [5.74, 6) is 1.48. The third-order valence-corrected chi connectivity index (χ3v) is 7.91. The first-order chi connectivity index (χ1) is 16.1. The molecule has 3 saturated heterocycles. The van der Waals surface area contributed by atoms with E-state index in [-0.39, 0.29) is 17.4 Å². The van der Waals surface area contributed by atoms with Crippen molar-refractivity contribution in [1.82, 2.24) is 19.7 Å². The molecule has 2 amide bonds. The number of nitrogens with zero attached hydrogens (tertiary/aromatic N) is 4. The smallest absolute Gasteiger partial charge is 0.253 e. The molecule has 2 aromatic rings. The zero-order valence-corrected chi connectivity index (χ0v) is 19.4. The molecule has 0 bridgehead atoms. The minimum atomic E-state index is -0.142. The highest BCUT2D eigenvalue weighted by Crippen LogP contribution is 2.49. The molecule has 1 spiro atoms. The Bertz CT molecular complexity index is 1000. The van der Waals surface area contributed by atoms with Gasteiger partial charge in [0.1, 0.15) is 5.75 Å². The zero-order valence-electron chi connectivity index (χ0n) is 19.4. The predicted molar refractivity (Wildman–Crippen MR) is 125 cm³/mol. The Balaban J connectivity index is 1.30. The molecule has 3 aliphatic heterocycles. The van der Waals surface area contributed by atoms with Gasteiger partial charge in [0.05, 0.1) is 18.6 Å². The van der Waals surface area contributed by atoms with Crippen LogP contribution in [-0.4, -0.2) is 76.9 Å². The van der Waals surface area contributed by atoms with Crippen LogP contribution in [-0.2, 0) is 11.3 Å². The molecule has 0 N–H and O–H groups in total. The van der Waals surface area contributed by atoms with Gasteiger partial charge in [-0.25, -0.2) is 0 Å². The van der Waals surface area contributed by atoms with Gasteiger partial charge in [-0.05, 0) is 55.7 Å². The molecule has 0 unspecified atom stereocenters. The summed E-state index contributed by atoms with van der Waals surface area (Å²) in [6, 6.07) is 11.4. The Morgan fingerprint density at radius 3 is 2.55 bits per heavy atom. The first-order valence-electron chi connectivity index (χ1n) is 11.9. The van der Waals surface area contributed by atoms with Gasteiger partial charge in [0, 0.05) is 63.1 Å². The van der Waals surface area contributed by atoms with E-state index in [1.54, 1.807) is 13.3 Å². The molecule has 5 rings (SSSR count). The van der Waals surface area contributed by atoms with E-state index in [9.17, 15) is 9.59 Å². The number of likely N-dealkylation sites (tertiary alicyclic amines) is 3. The van der Waals surface area contributed by atoms with Crippen molar-refractivity contribution in [3.8, 4) is 5.75 Å². The molecule has 2 atom stereocenters. The highest BCUT2D eigenvalue weighted by Gasteiger charge is 2.61. The Morgan fingerprint density at radius 1 is 1.15 bits per heavy atom. The molecule has 33 heavy (non-hydrogen) atoms. The average Bonchev–Trinajstić information content (AvgIpc) is 3.37. The number of hydrogen-bond donors (Lipinski definition) is 0. The zero-order chi connectivity index (χ0) is 23.0. The fourth-order valence-electron chi connectivity index (χ4n) is 6.30. The van der Waals surface area contributed by atoms with Crippen LogP contribution in [0.2, 0.25) is 0 Å². The second kappa shape index (κ2) is 8.78. The van der Waals surface area contributed by atoms with E-state index >= 15 is 0 Å². The molecule has 7 nitrogen and oxygen atoms in total. The minimum Gasteiger partial charge on any atom is -0.497 e. The number of benzene rings is 1. The molecular weight excluding hydrogens is 416 g/mol. The molecule has 174 valence electrons. The lowest BCUT2D eigenvalue weighted by molar-refractivity contribution is -0.135. The molecule has 7 heteroatoms. The quantitative estimate of drug-likeness (QED) is 0.704. The lowest BCUT2D eigenvalue weighted by atomic mass is 9.74. The number of carbonyl (C=O) groups excluding carboxylic acids is 2. The molecule has 0 aliphatic carbocycles. The summed E-state index contributed by atoms with van der Waals surface area (Å²) in [6.45, 7) is 6.75. The van der Waals surface area contributed by atoms with Gasteiger partial charge < -0.3 is 14.5 Å². The van der Waals surface area contributed by atoms with Crippen molar-refractivity contribution in [3.63, 3.8) is 0 Å². The van der Waals surface area contributed by atoms with Crippen LogP contribution in [0, 0.1) is 11.8 Å². The SMILES string of the molecule is CCN1C(=O)[C@H]2CN(Cc3cccnc3)C[C@H]2C12CCN(C(=O)c1ccc(OC)cc1)CC2. The van der Waals surface area contributed by atoms with Crippen LogP contribution < -0.4 is 4.74 Å². The van der Waals surface area contributed by atoms with Crippen molar-refractivity contribution < 1.29 is 14.3 Å². The Hall–Kier alpha value is -2.93. The van der Waals surface area contributed by atoms with E-state index in [4.69, 9.17) is 4.74 Å². The molecule has 4 heterocycles. The standard InChI is InChI=1S/C26H32N4O3/c1-3-30-25(32)22-17-28(16-19-5-4-12-27-15-19)18-23(22)26(30)10-13-29(14-11-26)24(31)20-6-8-21(33-2)9-7-20/h4-9,12,15,22-23H,3,10-11,13-14,16-18H2,1-2H3/t22-,23+/m0/s1. The van der Waals surface area contributed by atoms with Crippen LogP contribution in [0.5, 0.6) is 5.75 Å². The van der Waals surface area contributed by atoms with Crippen molar-refractivity contribution >= 4 is 11.8 Å². The highest BCUT2D eigenvalue weighted by molar-refractivity contribution is 5.94. The van der Waals surface area contributed by atoms with Gasteiger partial charge in [0.15, 0.2) is 0 Å². The van der Waals surface area contributed by atoms with Crippen molar-refractivity contribution in [1.29, 1.82) is 0 Å². The van der Waals surface area contributed by atoms with Crippen molar-refractivity contribution in [2.45, 2.75) is 31.8 Å². The Kier molecular flexibility index (Phi) is 5.83. The summed E-state index contributed by atoms with van der Waals surface area (Å²) in [6.07, 6.45) is 5.39. The van der Waals surface area contributed by atoms with Crippen LogP contribution in [0.3, 0.4) is 0 Å². The van der Waals surface area contributed by atoms with E-state index in [2.05, 4.69) is 27.8 Å². The summed E-state index contributed by atoms with van der Waals surface area (Å²) < 4.78 is 5.21. The third-order valence-electron chi connectivity index (χ3n) is 7.91. The molecule has 1 aromatic carbocycles. The van der Waals surface area contributed by atoms with E-state index < -0.39 is 0 Å². The summed E-state index contributed by atoms with van der Waals surface area (Å²) >= 11 is 0. The normalized spacial score (nSPS) is 24.4. The van der Waals surface area contributed by atoms with Gasteiger partial charge in [0.25, 0.3) is 5.91 Å². The highest BCUT2D eigenvalue weighted by atomic mass is 16.5. The maximum absolute atomic E-state index is 13.4. The number of aromatic nitrogens is 1. The number of ether oxygens (including phenoxy) is 1. The van der Waals surface area contributed by atoms with Crippen LogP contribution in [0.4, 0.5) is 0 Å². The first-order valence-corrected chi connectivity index (χ1v) is 11.9. The average molecular weight is 449 g/mol. The third kappa shape index (κ3) is 3.78. The van der Waals surface area contributed by atoms with Crippen molar-refractivity contribution in [2.75, 3.05) is 39.8 Å². The lowest BCUT2D eigenvalue weighted by Crippen LogP contribution is -2.57. The van der Waals surface area contributed by atoms with Gasteiger partial charge in [-0.3, -0.25) is 19.5 Å². The monoisotopic (exact) mass is 448 g/mol. The van der Waals surface area contributed by atoms with Gasteiger partial charge in [-0.15, -0.1) is 0 Å². The molecule has 0 saturated carbocycles. The maximum Gasteiger partial charge on any atom is 0.253 e. The van der Waals surface area contributed by atoms with Crippen LogP contribution in [0.1, 0.15) is 35.7 Å². The van der Waals surface area contributed by atoms with E-state index in [0.717, 1.165) is 44.8 Å². The number of pyridine rings is 1. The maximum atomic E-state index is 13.4. The van der Waals surface area contributed by atoms with Gasteiger partial charge >= 0.3 is 0 Å². The summed E-state index contributed by atoms with van der Waals surface area (Å²) in [7, 11) is 1.62. The first kappa shape index (κ1) is 21.9. The Morgan fingerprint density at radius 2 is 1.91 bits per heavy atom. The van der Waals surface area contributed by atoms with Gasteiger partial charge in [-0.1, -0.05) is 6.07 Å². The number of hydrogen-bond acceptors (Lipinski definition) is 5. The number of fused-ring (bicyclic) bond motifs is 2. The van der Waals surface area contributed by atoms with Crippen LogP contribution in [0.15, 0.2) is 48.8 Å².